The van der Waals surface area contributed by atoms with E-state index >= 15 is 0 Å². The number of aromatic amines is 1. The lowest BCUT2D eigenvalue weighted by Gasteiger charge is -2.28. The molecular formula is C25H25ClN4O. The molecule has 1 aromatic carbocycles. The fourth-order valence-corrected chi connectivity index (χ4v) is 4.77. The number of H-pyrrole nitrogens is 1. The smallest absolute Gasteiger partial charge is 0.251 e. The molecule has 0 aliphatic carbocycles. The molecule has 1 fully saturated rings. The molecule has 158 valence electrons. The standard InChI is InChI=1S/C25H25ClN4O/c1-17-9-18(11-20(26)10-17)16-30-8-5-19(12-24(30)31)23-15-28-25-22(23)13-21(14-27-25)29-6-3-2-4-7-29/h5,8-15H,2-4,6-7,16H2,1H3,(H,27,28). The molecule has 0 spiro atoms. The van der Waals surface area contributed by atoms with Crippen LogP contribution in [-0.4, -0.2) is 27.6 Å². The van der Waals surface area contributed by atoms with Crippen LogP contribution in [0.3, 0.4) is 0 Å². The summed E-state index contributed by atoms with van der Waals surface area (Å²) in [5.41, 5.74) is 5.96. The van der Waals surface area contributed by atoms with E-state index in [1.807, 2.05) is 43.7 Å². The zero-order valence-electron chi connectivity index (χ0n) is 17.6. The third kappa shape index (κ3) is 4.10. The highest BCUT2D eigenvalue weighted by molar-refractivity contribution is 6.30. The van der Waals surface area contributed by atoms with Crippen molar-refractivity contribution in [3.05, 3.63) is 81.5 Å². The van der Waals surface area contributed by atoms with Gasteiger partial charge in [0, 0.05) is 47.5 Å². The van der Waals surface area contributed by atoms with E-state index in [9.17, 15) is 4.79 Å². The zero-order valence-corrected chi connectivity index (χ0v) is 18.3. The Hall–Kier alpha value is -3.05. The number of fused-ring (bicyclic) bond motifs is 1. The number of hydrogen-bond donors (Lipinski definition) is 1. The first-order valence-corrected chi connectivity index (χ1v) is 11.1. The van der Waals surface area contributed by atoms with Gasteiger partial charge in [-0.3, -0.25) is 4.79 Å². The van der Waals surface area contributed by atoms with Crippen molar-refractivity contribution < 1.29 is 0 Å². The maximum absolute atomic E-state index is 12.9. The van der Waals surface area contributed by atoms with E-state index < -0.39 is 0 Å². The number of hydrogen-bond acceptors (Lipinski definition) is 3. The van der Waals surface area contributed by atoms with Crippen molar-refractivity contribution in [1.82, 2.24) is 14.5 Å². The molecule has 1 saturated heterocycles. The Labute approximate surface area is 186 Å². The Balaban J connectivity index is 1.47. The number of pyridine rings is 2. The Morgan fingerprint density at radius 3 is 2.71 bits per heavy atom. The Morgan fingerprint density at radius 1 is 1.10 bits per heavy atom. The molecule has 0 atom stereocenters. The van der Waals surface area contributed by atoms with Crippen LogP contribution in [0.15, 0.2) is 59.8 Å². The molecule has 0 radical (unpaired) electrons. The molecule has 1 N–H and O–H groups in total. The lowest BCUT2D eigenvalue weighted by molar-refractivity contribution is 0.577. The molecule has 3 aromatic heterocycles. The van der Waals surface area contributed by atoms with Crippen molar-refractivity contribution in [2.75, 3.05) is 18.0 Å². The monoisotopic (exact) mass is 432 g/mol. The number of nitrogens with one attached hydrogen (secondary N) is 1. The molecule has 31 heavy (non-hydrogen) atoms. The summed E-state index contributed by atoms with van der Waals surface area (Å²) in [6.45, 7) is 4.65. The van der Waals surface area contributed by atoms with Crippen molar-refractivity contribution in [3.63, 3.8) is 0 Å². The van der Waals surface area contributed by atoms with Crippen LogP contribution in [0, 0.1) is 6.92 Å². The van der Waals surface area contributed by atoms with Gasteiger partial charge < -0.3 is 14.5 Å². The predicted octanol–water partition coefficient (Wildman–Crippen LogP) is 5.39. The second-order valence-corrected chi connectivity index (χ2v) is 8.79. The first kappa shape index (κ1) is 19.9. The van der Waals surface area contributed by atoms with Gasteiger partial charge in [0.2, 0.25) is 0 Å². The van der Waals surface area contributed by atoms with Crippen LogP contribution in [0.4, 0.5) is 5.69 Å². The summed E-state index contributed by atoms with van der Waals surface area (Å²) in [7, 11) is 0. The van der Waals surface area contributed by atoms with Gasteiger partial charge in [0.1, 0.15) is 5.65 Å². The van der Waals surface area contributed by atoms with Gasteiger partial charge in [-0.25, -0.2) is 4.98 Å². The molecule has 4 aromatic rings. The Kier molecular flexibility index (Phi) is 5.28. The largest absolute Gasteiger partial charge is 0.370 e. The van der Waals surface area contributed by atoms with Crippen molar-refractivity contribution in [1.29, 1.82) is 0 Å². The van der Waals surface area contributed by atoms with Crippen LogP contribution in [0.2, 0.25) is 5.02 Å². The zero-order chi connectivity index (χ0) is 21.4. The van der Waals surface area contributed by atoms with Crippen LogP contribution in [0.1, 0.15) is 30.4 Å². The van der Waals surface area contributed by atoms with Gasteiger partial charge in [0.25, 0.3) is 5.56 Å². The van der Waals surface area contributed by atoms with Crippen LogP contribution < -0.4 is 10.5 Å². The van der Waals surface area contributed by atoms with E-state index in [2.05, 4.69) is 27.0 Å². The van der Waals surface area contributed by atoms with E-state index in [-0.39, 0.29) is 5.56 Å². The summed E-state index contributed by atoms with van der Waals surface area (Å²) < 4.78 is 1.71. The van der Waals surface area contributed by atoms with Crippen LogP contribution >= 0.6 is 11.6 Å². The molecule has 0 bridgehead atoms. The van der Waals surface area contributed by atoms with Gasteiger partial charge in [-0.15, -0.1) is 0 Å². The number of rotatable bonds is 4. The summed E-state index contributed by atoms with van der Waals surface area (Å²) in [5, 5.41) is 1.74. The minimum atomic E-state index is -0.0374. The number of aromatic nitrogens is 3. The van der Waals surface area contributed by atoms with Gasteiger partial charge in [0.15, 0.2) is 0 Å². The van der Waals surface area contributed by atoms with Gasteiger partial charge >= 0.3 is 0 Å². The Bertz CT molecular complexity index is 1280. The molecule has 0 unspecified atom stereocenters. The number of piperidine rings is 1. The van der Waals surface area contributed by atoms with Gasteiger partial charge in [-0.05, 0) is 67.1 Å². The lowest BCUT2D eigenvalue weighted by atomic mass is 10.1. The molecule has 5 nitrogen and oxygen atoms in total. The molecule has 6 heteroatoms. The number of nitrogens with zero attached hydrogens (tertiary/aromatic N) is 3. The summed E-state index contributed by atoms with van der Waals surface area (Å²) in [6.07, 6.45) is 9.49. The van der Waals surface area contributed by atoms with Crippen LogP contribution in [-0.2, 0) is 6.54 Å². The normalized spacial score (nSPS) is 14.3. The SMILES string of the molecule is Cc1cc(Cl)cc(Cn2ccc(-c3c[nH]c4ncc(N5CCCCC5)cc34)cc2=O)c1. The number of aryl methyl sites for hydroxylation is 1. The van der Waals surface area contributed by atoms with Gasteiger partial charge in [-0.1, -0.05) is 17.7 Å². The van der Waals surface area contributed by atoms with Crippen molar-refractivity contribution in [2.24, 2.45) is 0 Å². The highest BCUT2D eigenvalue weighted by Crippen LogP contribution is 2.30. The van der Waals surface area contributed by atoms with Crippen molar-refractivity contribution in [3.8, 4) is 11.1 Å². The fourth-order valence-electron chi connectivity index (χ4n) is 4.46. The van der Waals surface area contributed by atoms with E-state index in [0.29, 0.717) is 11.6 Å². The van der Waals surface area contributed by atoms with Gasteiger partial charge in [0.05, 0.1) is 18.4 Å². The lowest BCUT2D eigenvalue weighted by Crippen LogP contribution is -2.29. The van der Waals surface area contributed by atoms with Gasteiger partial charge in [-0.2, -0.15) is 0 Å². The summed E-state index contributed by atoms with van der Waals surface area (Å²) in [6, 6.07) is 11.8. The Morgan fingerprint density at radius 2 is 1.94 bits per heavy atom. The maximum Gasteiger partial charge on any atom is 0.251 e. The summed E-state index contributed by atoms with van der Waals surface area (Å²) >= 11 is 6.17. The minimum absolute atomic E-state index is 0.0374. The second kappa shape index (κ2) is 8.23. The van der Waals surface area contributed by atoms with E-state index in [1.54, 1.807) is 10.6 Å². The highest BCUT2D eigenvalue weighted by Gasteiger charge is 2.15. The summed E-state index contributed by atoms with van der Waals surface area (Å²) in [4.78, 5) is 23.1. The third-order valence-corrected chi connectivity index (χ3v) is 6.22. The fraction of sp³-hybridized carbons (Fsp3) is 0.280. The summed E-state index contributed by atoms with van der Waals surface area (Å²) in [5.74, 6) is 0. The first-order chi connectivity index (χ1) is 15.1. The molecule has 1 aliphatic rings. The molecule has 0 amide bonds. The minimum Gasteiger partial charge on any atom is -0.370 e. The predicted molar refractivity (Wildman–Crippen MR) is 127 cm³/mol. The topological polar surface area (TPSA) is 53.9 Å². The average molecular weight is 433 g/mol. The highest BCUT2D eigenvalue weighted by atomic mass is 35.5. The van der Waals surface area contributed by atoms with Crippen LogP contribution in [0.5, 0.6) is 0 Å². The number of anilines is 1. The van der Waals surface area contributed by atoms with Crippen molar-refractivity contribution in [2.45, 2.75) is 32.7 Å². The first-order valence-electron chi connectivity index (χ1n) is 10.8. The second-order valence-electron chi connectivity index (χ2n) is 8.36. The molecule has 1 aliphatic heterocycles. The molecule has 0 saturated carbocycles. The van der Waals surface area contributed by atoms with Crippen LogP contribution in [0.25, 0.3) is 22.2 Å². The van der Waals surface area contributed by atoms with E-state index in [1.165, 1.54) is 19.3 Å². The number of halogens is 1. The molecular weight excluding hydrogens is 408 g/mol. The number of benzene rings is 1. The third-order valence-electron chi connectivity index (χ3n) is 6.00. The molecule has 5 rings (SSSR count). The van der Waals surface area contributed by atoms with E-state index in [0.717, 1.165) is 52.1 Å². The van der Waals surface area contributed by atoms with E-state index in [4.69, 9.17) is 11.6 Å². The quantitative estimate of drug-likeness (QED) is 0.470. The maximum atomic E-state index is 12.9. The van der Waals surface area contributed by atoms with Crippen molar-refractivity contribution >= 4 is 28.3 Å². The molecule has 4 heterocycles. The average Bonchev–Trinajstić information content (AvgIpc) is 3.18.